The lowest BCUT2D eigenvalue weighted by atomic mass is 9.98. The van der Waals surface area contributed by atoms with Gasteiger partial charge in [-0.3, -0.25) is 14.6 Å². The van der Waals surface area contributed by atoms with Crippen LogP contribution in [0.5, 0.6) is 0 Å². The van der Waals surface area contributed by atoms with Crippen LogP contribution in [0, 0.1) is 23.5 Å². The molecule has 2 atom stereocenters. The Labute approximate surface area is 178 Å². The Hall–Kier alpha value is -3.35. The Morgan fingerprint density at radius 3 is 2.61 bits per heavy atom. The van der Waals surface area contributed by atoms with E-state index in [2.05, 4.69) is 10.3 Å². The smallest absolute Gasteiger partial charge is 0.251 e. The summed E-state index contributed by atoms with van der Waals surface area (Å²) in [6.07, 6.45) is 2.19. The van der Waals surface area contributed by atoms with Crippen molar-refractivity contribution in [1.82, 2.24) is 15.2 Å². The largest absolute Gasteiger partial charge is 0.352 e. The van der Waals surface area contributed by atoms with Crippen LogP contribution < -0.4 is 5.32 Å². The highest BCUT2D eigenvalue weighted by Gasteiger charge is 2.49. The number of hydrogen-bond acceptors (Lipinski definition) is 3. The molecule has 0 unspecified atom stereocenters. The molecular weight excluding hydrogens is 400 g/mol. The first-order chi connectivity index (χ1) is 15.0. The van der Waals surface area contributed by atoms with Gasteiger partial charge in [0.2, 0.25) is 5.91 Å². The number of rotatable bonds is 5. The number of hydrogen-bond donors (Lipinski definition) is 1. The minimum absolute atomic E-state index is 0.0239. The molecule has 1 saturated carbocycles. The molecule has 0 radical (unpaired) electrons. The maximum Gasteiger partial charge on any atom is 0.251 e. The normalized spacial score (nSPS) is 20.4. The molecule has 1 aliphatic heterocycles. The van der Waals surface area contributed by atoms with E-state index in [0.29, 0.717) is 31.6 Å². The molecule has 5 rings (SSSR count). The van der Waals surface area contributed by atoms with Crippen LogP contribution in [-0.2, 0) is 4.79 Å². The monoisotopic (exact) mass is 421 g/mol. The first kappa shape index (κ1) is 19.6. The zero-order valence-corrected chi connectivity index (χ0v) is 16.7. The first-order valence-electron chi connectivity index (χ1n) is 10.4. The van der Waals surface area contributed by atoms with Crippen molar-refractivity contribution in [2.75, 3.05) is 19.6 Å². The molecule has 2 aromatic carbocycles. The summed E-state index contributed by atoms with van der Waals surface area (Å²) in [4.78, 5) is 31.0. The topological polar surface area (TPSA) is 62.3 Å². The third-order valence-corrected chi connectivity index (χ3v) is 6.16. The molecular formula is C24H21F2N3O2. The summed E-state index contributed by atoms with van der Waals surface area (Å²) in [7, 11) is 0. The number of nitrogens with zero attached hydrogens (tertiary/aromatic N) is 2. The Balaban J connectivity index is 1.11. The van der Waals surface area contributed by atoms with Gasteiger partial charge in [-0.05, 0) is 42.8 Å². The number of nitrogens with one attached hydrogen (secondary N) is 1. The van der Waals surface area contributed by atoms with Crippen molar-refractivity contribution in [2.24, 2.45) is 11.8 Å². The molecule has 7 heteroatoms. The van der Waals surface area contributed by atoms with Gasteiger partial charge in [-0.15, -0.1) is 0 Å². The SMILES string of the molecule is O=C(NCC1CN(C(=O)[C@@H]2C[C@H]2c2c(F)cccc2F)C1)c1ccc2ncccc2c1. The molecule has 0 bridgehead atoms. The van der Waals surface area contributed by atoms with Gasteiger partial charge in [0.1, 0.15) is 11.6 Å². The van der Waals surface area contributed by atoms with Crippen molar-refractivity contribution < 1.29 is 18.4 Å². The second-order valence-electron chi connectivity index (χ2n) is 8.31. The maximum absolute atomic E-state index is 13.9. The van der Waals surface area contributed by atoms with Crippen molar-refractivity contribution in [3.05, 3.63) is 77.5 Å². The molecule has 1 N–H and O–H groups in total. The predicted octanol–water partition coefficient (Wildman–Crippen LogP) is 3.50. The number of halogens is 2. The van der Waals surface area contributed by atoms with Gasteiger partial charge in [0, 0.05) is 60.1 Å². The molecule has 0 spiro atoms. The van der Waals surface area contributed by atoms with Crippen molar-refractivity contribution >= 4 is 22.7 Å². The number of likely N-dealkylation sites (tertiary alicyclic amines) is 1. The van der Waals surface area contributed by atoms with E-state index >= 15 is 0 Å². The summed E-state index contributed by atoms with van der Waals surface area (Å²) >= 11 is 0. The highest BCUT2D eigenvalue weighted by atomic mass is 19.1. The summed E-state index contributed by atoms with van der Waals surface area (Å²) in [5.74, 6) is -1.95. The molecule has 158 valence electrons. The first-order valence-corrected chi connectivity index (χ1v) is 10.4. The number of pyridine rings is 1. The highest BCUT2D eigenvalue weighted by molar-refractivity contribution is 5.97. The van der Waals surface area contributed by atoms with Crippen LogP contribution in [-0.4, -0.2) is 41.3 Å². The number of carbonyl (C=O) groups excluding carboxylic acids is 2. The van der Waals surface area contributed by atoms with Gasteiger partial charge in [-0.25, -0.2) is 8.78 Å². The molecule has 1 saturated heterocycles. The molecule has 2 amide bonds. The van der Waals surface area contributed by atoms with E-state index in [1.54, 1.807) is 17.2 Å². The van der Waals surface area contributed by atoms with Crippen LogP contribution in [0.1, 0.15) is 28.3 Å². The number of aromatic nitrogens is 1. The second-order valence-corrected chi connectivity index (χ2v) is 8.31. The Morgan fingerprint density at radius 2 is 1.84 bits per heavy atom. The molecule has 2 aliphatic rings. The summed E-state index contributed by atoms with van der Waals surface area (Å²) in [5, 5.41) is 3.83. The number of fused-ring (bicyclic) bond motifs is 1. The molecule has 1 aromatic heterocycles. The van der Waals surface area contributed by atoms with E-state index in [0.717, 1.165) is 10.9 Å². The van der Waals surface area contributed by atoms with Gasteiger partial charge in [0.15, 0.2) is 0 Å². The van der Waals surface area contributed by atoms with Gasteiger partial charge < -0.3 is 10.2 Å². The third-order valence-electron chi connectivity index (χ3n) is 6.16. The van der Waals surface area contributed by atoms with E-state index in [1.807, 2.05) is 24.3 Å². The van der Waals surface area contributed by atoms with Crippen molar-refractivity contribution in [3.63, 3.8) is 0 Å². The van der Waals surface area contributed by atoms with Gasteiger partial charge in [-0.2, -0.15) is 0 Å². The van der Waals surface area contributed by atoms with Crippen LogP contribution in [0.15, 0.2) is 54.7 Å². The lowest BCUT2D eigenvalue weighted by molar-refractivity contribution is -0.138. The second kappa shape index (κ2) is 7.72. The number of benzene rings is 2. The summed E-state index contributed by atoms with van der Waals surface area (Å²) in [5.41, 5.74) is 1.43. The van der Waals surface area contributed by atoms with E-state index in [9.17, 15) is 18.4 Å². The quantitative estimate of drug-likeness (QED) is 0.686. The van der Waals surface area contributed by atoms with Crippen LogP contribution >= 0.6 is 0 Å². The van der Waals surface area contributed by atoms with Crippen molar-refractivity contribution in [1.29, 1.82) is 0 Å². The fraction of sp³-hybridized carbons (Fsp3) is 0.292. The van der Waals surface area contributed by atoms with Gasteiger partial charge in [0.05, 0.1) is 5.52 Å². The highest BCUT2D eigenvalue weighted by Crippen LogP contribution is 2.50. The standard InChI is InChI=1S/C24H21F2N3O2/c25-19-4-1-5-20(26)22(19)17-10-18(17)24(31)29-12-14(13-29)11-28-23(30)16-6-7-21-15(9-16)3-2-8-27-21/h1-9,14,17-18H,10-13H2,(H,28,30)/t17-,18-/m1/s1. The summed E-state index contributed by atoms with van der Waals surface area (Å²) in [6.45, 7) is 1.57. The van der Waals surface area contributed by atoms with E-state index in [4.69, 9.17) is 0 Å². The fourth-order valence-electron chi connectivity index (χ4n) is 4.32. The van der Waals surface area contributed by atoms with Crippen LogP contribution in [0.3, 0.4) is 0 Å². The molecule has 5 nitrogen and oxygen atoms in total. The third kappa shape index (κ3) is 3.76. The lowest BCUT2D eigenvalue weighted by Gasteiger charge is -2.39. The average molecular weight is 421 g/mol. The lowest BCUT2D eigenvalue weighted by Crippen LogP contribution is -2.54. The van der Waals surface area contributed by atoms with Gasteiger partial charge in [0.25, 0.3) is 5.91 Å². The molecule has 2 fully saturated rings. The Kier molecular flexibility index (Phi) is 4.88. The Bertz CT molecular complexity index is 1160. The summed E-state index contributed by atoms with van der Waals surface area (Å²) < 4.78 is 27.9. The minimum atomic E-state index is -0.589. The molecule has 3 aromatic rings. The van der Waals surface area contributed by atoms with Crippen LogP contribution in [0.25, 0.3) is 10.9 Å². The molecule has 1 aliphatic carbocycles. The predicted molar refractivity (Wildman–Crippen MR) is 111 cm³/mol. The number of carbonyl (C=O) groups is 2. The minimum Gasteiger partial charge on any atom is -0.352 e. The zero-order valence-electron chi connectivity index (χ0n) is 16.7. The zero-order chi connectivity index (χ0) is 21.5. The van der Waals surface area contributed by atoms with E-state index in [-0.39, 0.29) is 35.1 Å². The summed E-state index contributed by atoms with van der Waals surface area (Å²) in [6, 6.07) is 12.9. The van der Waals surface area contributed by atoms with Gasteiger partial charge in [-0.1, -0.05) is 12.1 Å². The van der Waals surface area contributed by atoms with Crippen molar-refractivity contribution in [3.8, 4) is 0 Å². The van der Waals surface area contributed by atoms with E-state index in [1.165, 1.54) is 18.2 Å². The Morgan fingerprint density at radius 1 is 1.06 bits per heavy atom. The molecule has 31 heavy (non-hydrogen) atoms. The average Bonchev–Trinajstić information content (AvgIpc) is 3.52. The fourth-order valence-corrected chi connectivity index (χ4v) is 4.32. The van der Waals surface area contributed by atoms with Crippen LogP contribution in [0.2, 0.25) is 0 Å². The van der Waals surface area contributed by atoms with Crippen molar-refractivity contribution in [2.45, 2.75) is 12.3 Å². The maximum atomic E-state index is 13.9. The van der Waals surface area contributed by atoms with Gasteiger partial charge >= 0.3 is 0 Å². The molecule has 2 heterocycles. The number of amides is 2. The van der Waals surface area contributed by atoms with E-state index < -0.39 is 11.6 Å². The van der Waals surface area contributed by atoms with Crippen LogP contribution in [0.4, 0.5) is 8.78 Å².